The smallest absolute Gasteiger partial charge is 0.252 e. The lowest BCUT2D eigenvalue weighted by molar-refractivity contribution is 0.0939. The van der Waals surface area contributed by atoms with E-state index >= 15 is 0 Å². The van der Waals surface area contributed by atoms with Gasteiger partial charge in [0.05, 0.1) is 11.6 Å². The third-order valence-corrected chi connectivity index (χ3v) is 4.18. The van der Waals surface area contributed by atoms with E-state index in [1.54, 1.807) is 0 Å². The molecule has 1 amide bonds. The summed E-state index contributed by atoms with van der Waals surface area (Å²) in [6.45, 7) is 1.98. The molecule has 1 unspecified atom stereocenters. The van der Waals surface area contributed by atoms with E-state index in [-0.39, 0.29) is 11.9 Å². The lowest BCUT2D eigenvalue weighted by Crippen LogP contribution is -2.27. The summed E-state index contributed by atoms with van der Waals surface area (Å²) < 4.78 is 1.85. The Hall–Kier alpha value is -0.880. The van der Waals surface area contributed by atoms with Crippen LogP contribution in [0.25, 0.3) is 0 Å². The Labute approximate surface area is 134 Å². The Morgan fingerprint density at radius 1 is 1.21 bits per heavy atom. The highest BCUT2D eigenvalue weighted by molar-refractivity contribution is 14.1. The van der Waals surface area contributed by atoms with E-state index in [1.807, 2.05) is 55.5 Å². The van der Waals surface area contributed by atoms with Gasteiger partial charge in [-0.05, 0) is 69.2 Å². The highest BCUT2D eigenvalue weighted by atomic mass is 127. The van der Waals surface area contributed by atoms with E-state index in [4.69, 9.17) is 0 Å². The van der Waals surface area contributed by atoms with Crippen LogP contribution >= 0.6 is 38.5 Å². The predicted molar refractivity (Wildman–Crippen MR) is 89.2 cm³/mol. The number of benzene rings is 2. The fourth-order valence-electron chi connectivity index (χ4n) is 1.77. The molecule has 0 saturated carbocycles. The first kappa shape index (κ1) is 14.5. The van der Waals surface area contributed by atoms with Crippen LogP contribution in [-0.2, 0) is 0 Å². The molecule has 0 radical (unpaired) electrons. The number of nitrogens with one attached hydrogen (secondary N) is 1. The zero-order valence-electron chi connectivity index (χ0n) is 10.4. The predicted octanol–water partition coefficient (Wildman–Crippen LogP) is 4.54. The second kappa shape index (κ2) is 6.52. The van der Waals surface area contributed by atoms with Gasteiger partial charge in [-0.3, -0.25) is 4.79 Å². The van der Waals surface area contributed by atoms with Crippen molar-refractivity contribution in [2.75, 3.05) is 0 Å². The van der Waals surface area contributed by atoms with E-state index in [9.17, 15) is 4.79 Å². The van der Waals surface area contributed by atoms with Gasteiger partial charge in [0.2, 0.25) is 0 Å². The molecule has 0 heterocycles. The van der Waals surface area contributed by atoms with E-state index < -0.39 is 0 Å². The Bertz CT molecular complexity index is 586. The zero-order chi connectivity index (χ0) is 13.8. The molecule has 0 aliphatic rings. The standard InChI is InChI=1S/C15H13BrINO/c1-10(11-5-3-2-4-6-11)18-15(19)13-9-12(17)7-8-14(13)16/h2-10H,1H3,(H,18,19). The molecule has 0 saturated heterocycles. The summed E-state index contributed by atoms with van der Waals surface area (Å²) in [5, 5.41) is 3.01. The first-order valence-corrected chi connectivity index (χ1v) is 7.76. The van der Waals surface area contributed by atoms with Gasteiger partial charge in [-0.25, -0.2) is 0 Å². The number of amides is 1. The van der Waals surface area contributed by atoms with Crippen LogP contribution in [-0.4, -0.2) is 5.91 Å². The van der Waals surface area contributed by atoms with Crippen LogP contribution in [0.5, 0.6) is 0 Å². The number of hydrogen-bond donors (Lipinski definition) is 1. The second-order valence-corrected chi connectivity index (χ2v) is 6.33. The lowest BCUT2D eigenvalue weighted by atomic mass is 10.1. The summed E-state index contributed by atoms with van der Waals surface area (Å²) in [5.41, 5.74) is 1.76. The molecule has 2 rings (SSSR count). The molecular weight excluding hydrogens is 417 g/mol. The molecule has 4 heteroatoms. The van der Waals surface area contributed by atoms with Crippen molar-refractivity contribution < 1.29 is 4.79 Å². The fourth-order valence-corrected chi connectivity index (χ4v) is 2.69. The lowest BCUT2D eigenvalue weighted by Gasteiger charge is -2.15. The maximum Gasteiger partial charge on any atom is 0.252 e. The molecule has 2 nitrogen and oxygen atoms in total. The first-order valence-electron chi connectivity index (χ1n) is 5.89. The monoisotopic (exact) mass is 429 g/mol. The van der Waals surface area contributed by atoms with E-state index in [0.29, 0.717) is 5.56 Å². The van der Waals surface area contributed by atoms with Gasteiger partial charge in [0.15, 0.2) is 0 Å². The van der Waals surface area contributed by atoms with Crippen LogP contribution < -0.4 is 5.32 Å². The molecule has 0 fully saturated rings. The van der Waals surface area contributed by atoms with Crippen LogP contribution in [0.4, 0.5) is 0 Å². The van der Waals surface area contributed by atoms with Crippen LogP contribution in [0.3, 0.4) is 0 Å². The van der Waals surface area contributed by atoms with Gasteiger partial charge >= 0.3 is 0 Å². The average molecular weight is 430 g/mol. The van der Waals surface area contributed by atoms with Crippen LogP contribution in [0.2, 0.25) is 0 Å². The molecule has 0 spiro atoms. The minimum absolute atomic E-state index is 0.0153. The first-order chi connectivity index (χ1) is 9.08. The Morgan fingerprint density at radius 2 is 1.89 bits per heavy atom. The number of carbonyl (C=O) groups excluding carboxylic acids is 1. The van der Waals surface area contributed by atoms with Crippen molar-refractivity contribution in [3.05, 3.63) is 67.7 Å². The maximum absolute atomic E-state index is 12.3. The van der Waals surface area contributed by atoms with Gasteiger partial charge < -0.3 is 5.32 Å². The second-order valence-electron chi connectivity index (χ2n) is 4.23. The summed E-state index contributed by atoms with van der Waals surface area (Å²) in [4.78, 5) is 12.3. The Kier molecular flexibility index (Phi) is 4.99. The molecule has 0 bridgehead atoms. The summed E-state index contributed by atoms with van der Waals surface area (Å²) in [6.07, 6.45) is 0. The molecule has 1 N–H and O–H groups in total. The fraction of sp³-hybridized carbons (Fsp3) is 0.133. The molecular formula is C15H13BrINO. The maximum atomic E-state index is 12.3. The largest absolute Gasteiger partial charge is 0.345 e. The number of halogens is 2. The van der Waals surface area contributed by atoms with Gasteiger partial charge in [0.1, 0.15) is 0 Å². The zero-order valence-corrected chi connectivity index (χ0v) is 14.1. The van der Waals surface area contributed by atoms with Gasteiger partial charge in [0, 0.05) is 8.04 Å². The van der Waals surface area contributed by atoms with E-state index in [1.165, 1.54) is 0 Å². The highest BCUT2D eigenvalue weighted by Gasteiger charge is 2.14. The third-order valence-electron chi connectivity index (χ3n) is 2.82. The minimum atomic E-state index is -0.0678. The summed E-state index contributed by atoms with van der Waals surface area (Å²) in [6, 6.07) is 15.6. The van der Waals surface area contributed by atoms with Gasteiger partial charge in [0.25, 0.3) is 5.91 Å². The van der Waals surface area contributed by atoms with Crippen LogP contribution in [0.15, 0.2) is 53.0 Å². The third kappa shape index (κ3) is 3.79. The van der Waals surface area contributed by atoms with E-state index in [0.717, 1.165) is 13.6 Å². The van der Waals surface area contributed by atoms with Crippen molar-refractivity contribution in [2.24, 2.45) is 0 Å². The average Bonchev–Trinajstić information content (AvgIpc) is 2.42. The van der Waals surface area contributed by atoms with Gasteiger partial charge in [-0.2, -0.15) is 0 Å². The van der Waals surface area contributed by atoms with Crippen LogP contribution in [0.1, 0.15) is 28.9 Å². The molecule has 0 aliphatic heterocycles. The van der Waals surface area contributed by atoms with Crippen LogP contribution in [0, 0.1) is 3.57 Å². The summed E-state index contributed by atoms with van der Waals surface area (Å²) >= 11 is 5.61. The molecule has 0 aromatic heterocycles. The summed E-state index contributed by atoms with van der Waals surface area (Å²) in [7, 11) is 0. The van der Waals surface area contributed by atoms with Gasteiger partial charge in [-0.1, -0.05) is 30.3 Å². The van der Waals surface area contributed by atoms with E-state index in [2.05, 4.69) is 43.8 Å². The van der Waals surface area contributed by atoms with Crippen molar-refractivity contribution in [2.45, 2.75) is 13.0 Å². The molecule has 0 aliphatic carbocycles. The number of rotatable bonds is 3. The van der Waals surface area contributed by atoms with Gasteiger partial charge in [-0.15, -0.1) is 0 Å². The Morgan fingerprint density at radius 3 is 2.58 bits per heavy atom. The highest BCUT2D eigenvalue weighted by Crippen LogP contribution is 2.20. The van der Waals surface area contributed by atoms with Crippen molar-refractivity contribution >= 4 is 44.4 Å². The van der Waals surface area contributed by atoms with Crippen molar-refractivity contribution in [1.82, 2.24) is 5.32 Å². The van der Waals surface area contributed by atoms with Crippen molar-refractivity contribution in [3.8, 4) is 0 Å². The van der Waals surface area contributed by atoms with Crippen molar-refractivity contribution in [3.63, 3.8) is 0 Å². The molecule has 19 heavy (non-hydrogen) atoms. The topological polar surface area (TPSA) is 29.1 Å². The molecule has 98 valence electrons. The normalized spacial score (nSPS) is 11.9. The van der Waals surface area contributed by atoms with Crippen molar-refractivity contribution in [1.29, 1.82) is 0 Å². The number of carbonyl (C=O) groups is 1. The summed E-state index contributed by atoms with van der Waals surface area (Å²) in [5.74, 6) is -0.0678. The number of hydrogen-bond acceptors (Lipinski definition) is 1. The SMILES string of the molecule is CC(NC(=O)c1cc(I)ccc1Br)c1ccccc1. The minimum Gasteiger partial charge on any atom is -0.345 e. The molecule has 1 atom stereocenters. The Balaban J connectivity index is 2.15. The molecule has 2 aromatic rings. The quantitative estimate of drug-likeness (QED) is 0.712. The molecule has 2 aromatic carbocycles.